The Morgan fingerprint density at radius 1 is 1.00 bits per heavy atom. The Morgan fingerprint density at radius 3 is 2.46 bits per heavy atom. The molecule has 0 spiro atoms. The highest BCUT2D eigenvalue weighted by atomic mass is 19.1. The van der Waals surface area contributed by atoms with Gasteiger partial charge in [0.2, 0.25) is 0 Å². The van der Waals surface area contributed by atoms with Crippen LogP contribution in [-0.2, 0) is 6.54 Å². The van der Waals surface area contributed by atoms with Gasteiger partial charge in [0.05, 0.1) is 0 Å². The van der Waals surface area contributed by atoms with Crippen LogP contribution in [0.3, 0.4) is 0 Å². The number of likely N-dealkylation sites (tertiary alicyclic amines) is 1. The molecule has 126 valence electrons. The summed E-state index contributed by atoms with van der Waals surface area (Å²) in [4.78, 5) is 2.53. The second kappa shape index (κ2) is 7.04. The first-order chi connectivity index (χ1) is 11.8. The van der Waals surface area contributed by atoms with Crippen molar-refractivity contribution in [1.82, 2.24) is 10.2 Å². The average Bonchev–Trinajstić information content (AvgIpc) is 3.36. The number of rotatable bonds is 6. The van der Waals surface area contributed by atoms with Crippen LogP contribution < -0.4 is 5.32 Å². The van der Waals surface area contributed by atoms with Crippen LogP contribution >= 0.6 is 0 Å². The molecule has 0 amide bonds. The van der Waals surface area contributed by atoms with Crippen molar-refractivity contribution in [3.8, 4) is 0 Å². The molecule has 1 heterocycles. The number of nitrogens with zero attached hydrogens (tertiary/aromatic N) is 1. The fourth-order valence-corrected chi connectivity index (χ4v) is 3.81. The molecule has 4 rings (SSSR count). The lowest BCUT2D eigenvalue weighted by Crippen LogP contribution is -2.36. The monoisotopic (exact) mass is 324 g/mol. The summed E-state index contributed by atoms with van der Waals surface area (Å²) in [6, 6.07) is 18.7. The van der Waals surface area contributed by atoms with Gasteiger partial charge in [-0.05, 0) is 48.4 Å². The topological polar surface area (TPSA) is 15.3 Å². The zero-order valence-corrected chi connectivity index (χ0v) is 14.0. The van der Waals surface area contributed by atoms with Crippen LogP contribution in [0, 0.1) is 11.7 Å². The van der Waals surface area contributed by atoms with Gasteiger partial charge in [0.1, 0.15) is 5.82 Å². The quantitative estimate of drug-likeness (QED) is 0.859. The number of hydrogen-bond donors (Lipinski definition) is 1. The van der Waals surface area contributed by atoms with Crippen molar-refractivity contribution < 1.29 is 4.39 Å². The van der Waals surface area contributed by atoms with E-state index < -0.39 is 0 Å². The van der Waals surface area contributed by atoms with Gasteiger partial charge < -0.3 is 5.32 Å². The van der Waals surface area contributed by atoms with Crippen molar-refractivity contribution in [3.63, 3.8) is 0 Å². The summed E-state index contributed by atoms with van der Waals surface area (Å²) in [5.74, 6) is 0.571. The van der Waals surface area contributed by atoms with Gasteiger partial charge in [-0.2, -0.15) is 0 Å². The highest BCUT2D eigenvalue weighted by molar-refractivity contribution is 5.22. The molecule has 2 aromatic carbocycles. The van der Waals surface area contributed by atoms with Crippen molar-refractivity contribution in [2.75, 3.05) is 13.1 Å². The highest BCUT2D eigenvalue weighted by Gasteiger charge is 2.35. The Kier molecular flexibility index (Phi) is 4.63. The summed E-state index contributed by atoms with van der Waals surface area (Å²) in [7, 11) is 0. The zero-order valence-electron chi connectivity index (χ0n) is 14.0. The fraction of sp³-hybridized carbons (Fsp3) is 0.429. The predicted molar refractivity (Wildman–Crippen MR) is 95.1 cm³/mol. The minimum Gasteiger partial charge on any atom is -0.306 e. The number of benzene rings is 2. The lowest BCUT2D eigenvalue weighted by Gasteiger charge is -2.24. The van der Waals surface area contributed by atoms with Crippen LogP contribution in [0.4, 0.5) is 4.39 Å². The molecule has 1 aliphatic heterocycles. The van der Waals surface area contributed by atoms with Gasteiger partial charge in [0.25, 0.3) is 0 Å². The minimum absolute atomic E-state index is 0.150. The second-order valence-corrected chi connectivity index (χ2v) is 7.24. The Bertz CT molecular complexity index is 651. The van der Waals surface area contributed by atoms with E-state index in [0.29, 0.717) is 12.1 Å². The van der Waals surface area contributed by atoms with Gasteiger partial charge in [-0.1, -0.05) is 42.5 Å². The fourth-order valence-electron chi connectivity index (χ4n) is 3.81. The molecule has 2 fully saturated rings. The third kappa shape index (κ3) is 3.85. The van der Waals surface area contributed by atoms with Crippen molar-refractivity contribution in [1.29, 1.82) is 0 Å². The molecule has 2 atom stereocenters. The molecular weight excluding hydrogens is 299 g/mol. The smallest absolute Gasteiger partial charge is 0.123 e. The number of hydrogen-bond acceptors (Lipinski definition) is 2. The molecule has 0 bridgehead atoms. The first-order valence-electron chi connectivity index (χ1n) is 9.06. The van der Waals surface area contributed by atoms with Gasteiger partial charge in [-0.3, -0.25) is 4.90 Å². The normalized spacial score (nSPS) is 22.6. The number of nitrogens with one attached hydrogen (secondary N) is 1. The van der Waals surface area contributed by atoms with Gasteiger partial charge in [-0.15, -0.1) is 0 Å². The standard InChI is InChI=1S/C21H25FN2/c22-19-10-8-18(9-11-19)21(17-6-7-17)23-20-12-13-24(15-20)14-16-4-2-1-3-5-16/h1-5,8-11,17,20-21,23H,6-7,12-15H2. The Hall–Kier alpha value is -1.71. The van der Waals surface area contributed by atoms with Gasteiger partial charge in [0.15, 0.2) is 0 Å². The van der Waals surface area contributed by atoms with E-state index in [-0.39, 0.29) is 5.82 Å². The molecular formula is C21H25FN2. The molecule has 3 heteroatoms. The van der Waals surface area contributed by atoms with Crippen LogP contribution in [-0.4, -0.2) is 24.0 Å². The van der Waals surface area contributed by atoms with Crippen LogP contribution in [0.15, 0.2) is 54.6 Å². The third-order valence-corrected chi connectivity index (χ3v) is 5.26. The Morgan fingerprint density at radius 2 is 1.75 bits per heavy atom. The molecule has 1 N–H and O–H groups in total. The van der Waals surface area contributed by atoms with E-state index in [1.165, 1.54) is 30.4 Å². The summed E-state index contributed by atoms with van der Waals surface area (Å²) >= 11 is 0. The summed E-state index contributed by atoms with van der Waals surface area (Å²) in [6.45, 7) is 3.27. The summed E-state index contributed by atoms with van der Waals surface area (Å²) in [5, 5.41) is 3.87. The molecule has 2 aliphatic rings. The van der Waals surface area contributed by atoms with Crippen LogP contribution in [0.2, 0.25) is 0 Å². The molecule has 0 radical (unpaired) electrons. The zero-order chi connectivity index (χ0) is 16.4. The van der Waals surface area contributed by atoms with E-state index in [0.717, 1.165) is 25.6 Å². The molecule has 1 aliphatic carbocycles. The molecule has 2 nitrogen and oxygen atoms in total. The van der Waals surface area contributed by atoms with Crippen molar-refractivity contribution in [2.45, 2.75) is 37.9 Å². The number of halogens is 1. The molecule has 0 aromatic heterocycles. The Labute approximate surface area is 143 Å². The van der Waals surface area contributed by atoms with E-state index in [4.69, 9.17) is 0 Å². The maximum atomic E-state index is 13.2. The van der Waals surface area contributed by atoms with E-state index in [2.05, 4.69) is 40.5 Å². The predicted octanol–water partition coefficient (Wildman–Crippen LogP) is 4.14. The molecule has 1 saturated heterocycles. The van der Waals surface area contributed by atoms with Crippen molar-refractivity contribution in [2.24, 2.45) is 5.92 Å². The lowest BCUT2D eigenvalue weighted by molar-refractivity contribution is 0.311. The maximum Gasteiger partial charge on any atom is 0.123 e. The van der Waals surface area contributed by atoms with Crippen LogP contribution in [0.1, 0.15) is 36.4 Å². The van der Waals surface area contributed by atoms with Gasteiger partial charge in [0, 0.05) is 31.7 Å². The summed E-state index contributed by atoms with van der Waals surface area (Å²) in [6.07, 6.45) is 3.77. The molecule has 2 unspecified atom stereocenters. The largest absolute Gasteiger partial charge is 0.306 e. The SMILES string of the molecule is Fc1ccc(C(NC2CCN(Cc3ccccc3)C2)C2CC2)cc1. The maximum absolute atomic E-state index is 13.2. The van der Waals surface area contributed by atoms with E-state index in [1.807, 2.05) is 12.1 Å². The van der Waals surface area contributed by atoms with Crippen molar-refractivity contribution >= 4 is 0 Å². The average molecular weight is 324 g/mol. The van der Waals surface area contributed by atoms with E-state index in [1.54, 1.807) is 12.1 Å². The summed E-state index contributed by atoms with van der Waals surface area (Å²) < 4.78 is 13.2. The van der Waals surface area contributed by atoms with E-state index in [9.17, 15) is 4.39 Å². The van der Waals surface area contributed by atoms with Crippen LogP contribution in [0.25, 0.3) is 0 Å². The van der Waals surface area contributed by atoms with E-state index >= 15 is 0 Å². The molecule has 2 aromatic rings. The third-order valence-electron chi connectivity index (χ3n) is 5.26. The second-order valence-electron chi connectivity index (χ2n) is 7.24. The first-order valence-corrected chi connectivity index (χ1v) is 9.06. The van der Waals surface area contributed by atoms with Crippen molar-refractivity contribution in [3.05, 3.63) is 71.5 Å². The minimum atomic E-state index is -0.150. The lowest BCUT2D eigenvalue weighted by atomic mass is 10.0. The Balaban J connectivity index is 1.36. The first kappa shape index (κ1) is 15.8. The summed E-state index contributed by atoms with van der Waals surface area (Å²) in [5.41, 5.74) is 2.62. The highest BCUT2D eigenvalue weighted by Crippen LogP contribution is 2.41. The molecule has 1 saturated carbocycles. The van der Waals surface area contributed by atoms with Gasteiger partial charge >= 0.3 is 0 Å². The van der Waals surface area contributed by atoms with Gasteiger partial charge in [-0.25, -0.2) is 4.39 Å². The van der Waals surface area contributed by atoms with Crippen LogP contribution in [0.5, 0.6) is 0 Å². The molecule has 24 heavy (non-hydrogen) atoms.